The highest BCUT2D eigenvalue weighted by molar-refractivity contribution is 7.99. The van der Waals surface area contributed by atoms with Gasteiger partial charge in [-0.3, -0.25) is 4.79 Å². The first-order valence-electron chi connectivity index (χ1n) is 7.89. The van der Waals surface area contributed by atoms with Crippen LogP contribution in [0.4, 0.5) is 0 Å². The minimum absolute atomic E-state index is 0.0347. The smallest absolute Gasteiger partial charge is 0.232 e. The Balaban J connectivity index is 1.98. The molecule has 2 aromatic carbocycles. The van der Waals surface area contributed by atoms with Gasteiger partial charge < -0.3 is 9.88 Å². The van der Waals surface area contributed by atoms with Gasteiger partial charge in [-0.1, -0.05) is 59.2 Å². The molecule has 0 aliphatic rings. The van der Waals surface area contributed by atoms with E-state index in [1.54, 1.807) is 19.0 Å². The molecule has 0 fully saturated rings. The number of H-pyrrole nitrogens is 1. The Morgan fingerprint density at radius 2 is 1.54 bits per heavy atom. The number of hydrogen-bond acceptors (Lipinski definition) is 3. The van der Waals surface area contributed by atoms with Crippen molar-refractivity contribution in [2.45, 2.75) is 5.16 Å². The Morgan fingerprint density at radius 1 is 1.00 bits per heavy atom. The summed E-state index contributed by atoms with van der Waals surface area (Å²) < 4.78 is 0. The molecule has 0 aliphatic carbocycles. The van der Waals surface area contributed by atoms with E-state index in [0.29, 0.717) is 21.0 Å². The molecule has 1 heterocycles. The predicted molar refractivity (Wildman–Crippen MR) is 109 cm³/mol. The number of benzene rings is 2. The summed E-state index contributed by atoms with van der Waals surface area (Å²) in [5.41, 5.74) is 3.60. The molecule has 1 amide bonds. The van der Waals surface area contributed by atoms with Gasteiger partial charge in [0.25, 0.3) is 0 Å². The number of aromatic nitrogens is 2. The van der Waals surface area contributed by atoms with Gasteiger partial charge >= 0.3 is 0 Å². The van der Waals surface area contributed by atoms with E-state index < -0.39 is 0 Å². The van der Waals surface area contributed by atoms with Crippen molar-refractivity contribution in [1.82, 2.24) is 14.9 Å². The minimum Gasteiger partial charge on any atom is -0.348 e. The first-order chi connectivity index (χ1) is 12.4. The summed E-state index contributed by atoms with van der Waals surface area (Å²) >= 11 is 13.4. The molecule has 4 nitrogen and oxygen atoms in total. The number of nitrogens with zero attached hydrogens (tertiary/aromatic N) is 2. The van der Waals surface area contributed by atoms with Crippen LogP contribution in [-0.4, -0.2) is 40.6 Å². The molecule has 1 aromatic heterocycles. The molecule has 7 heteroatoms. The van der Waals surface area contributed by atoms with Crippen LogP contribution in [0.3, 0.4) is 0 Å². The van der Waals surface area contributed by atoms with E-state index in [1.165, 1.54) is 11.8 Å². The lowest BCUT2D eigenvalue weighted by molar-refractivity contribution is -0.125. The van der Waals surface area contributed by atoms with Gasteiger partial charge in [0.2, 0.25) is 5.91 Å². The molecule has 0 saturated carbocycles. The second-order valence-corrected chi connectivity index (χ2v) is 7.69. The number of rotatable bonds is 5. The lowest BCUT2D eigenvalue weighted by Crippen LogP contribution is -2.23. The van der Waals surface area contributed by atoms with Crippen molar-refractivity contribution in [2.75, 3.05) is 19.8 Å². The molecular weight excluding hydrogens is 389 g/mol. The van der Waals surface area contributed by atoms with Crippen molar-refractivity contribution >= 4 is 40.9 Å². The van der Waals surface area contributed by atoms with Crippen molar-refractivity contribution in [3.63, 3.8) is 0 Å². The van der Waals surface area contributed by atoms with E-state index >= 15 is 0 Å². The molecule has 26 heavy (non-hydrogen) atoms. The van der Waals surface area contributed by atoms with Crippen LogP contribution in [0.5, 0.6) is 0 Å². The molecule has 0 atom stereocenters. The Labute approximate surface area is 166 Å². The van der Waals surface area contributed by atoms with Gasteiger partial charge in [-0.25, -0.2) is 4.98 Å². The number of nitrogens with one attached hydrogen (secondary N) is 1. The Kier molecular flexibility index (Phi) is 5.91. The van der Waals surface area contributed by atoms with Crippen LogP contribution in [0.2, 0.25) is 10.0 Å². The summed E-state index contributed by atoms with van der Waals surface area (Å²) in [7, 11) is 3.48. The molecule has 3 rings (SSSR count). The highest BCUT2D eigenvalue weighted by Crippen LogP contribution is 2.33. The third-order valence-electron chi connectivity index (χ3n) is 3.76. The number of thioether (sulfide) groups is 1. The lowest BCUT2D eigenvalue weighted by atomic mass is 10.1. The molecule has 0 saturated heterocycles. The van der Waals surface area contributed by atoms with Gasteiger partial charge in [0.1, 0.15) is 0 Å². The van der Waals surface area contributed by atoms with Crippen LogP contribution in [0.15, 0.2) is 53.7 Å². The maximum absolute atomic E-state index is 11.9. The number of imidazole rings is 1. The molecule has 0 aliphatic heterocycles. The molecule has 0 spiro atoms. The second-order valence-electron chi connectivity index (χ2n) is 5.86. The maximum atomic E-state index is 11.9. The fourth-order valence-corrected chi connectivity index (χ4v) is 3.42. The normalized spacial score (nSPS) is 10.8. The Morgan fingerprint density at radius 3 is 2.08 bits per heavy atom. The maximum Gasteiger partial charge on any atom is 0.232 e. The fourth-order valence-electron chi connectivity index (χ4n) is 2.32. The SMILES string of the molecule is CN(C)C(=O)CSc1nc(-c2ccc(Cl)cc2)c(-c2ccc(Cl)cc2)[nH]1. The van der Waals surface area contributed by atoms with E-state index in [4.69, 9.17) is 28.2 Å². The van der Waals surface area contributed by atoms with Crippen LogP contribution >= 0.6 is 35.0 Å². The first kappa shape index (κ1) is 18.8. The molecule has 3 aromatic rings. The highest BCUT2D eigenvalue weighted by Gasteiger charge is 2.16. The molecule has 134 valence electrons. The zero-order chi connectivity index (χ0) is 18.7. The van der Waals surface area contributed by atoms with Crippen molar-refractivity contribution < 1.29 is 4.79 Å². The van der Waals surface area contributed by atoms with Gasteiger partial charge in [-0.15, -0.1) is 0 Å². The lowest BCUT2D eigenvalue weighted by Gasteiger charge is -2.08. The summed E-state index contributed by atoms with van der Waals surface area (Å²) in [6.45, 7) is 0. The molecule has 0 radical (unpaired) electrons. The van der Waals surface area contributed by atoms with Crippen molar-refractivity contribution in [3.8, 4) is 22.5 Å². The quantitative estimate of drug-likeness (QED) is 0.591. The molecule has 0 bridgehead atoms. The van der Waals surface area contributed by atoms with Crippen molar-refractivity contribution in [2.24, 2.45) is 0 Å². The standard InChI is InChI=1S/C19H17Cl2N3OS/c1-24(2)16(25)11-26-19-22-17(12-3-7-14(20)8-4-12)18(23-19)13-5-9-15(21)10-6-13/h3-10H,11H2,1-2H3,(H,22,23). The van der Waals surface area contributed by atoms with Crippen LogP contribution in [0, 0.1) is 0 Å². The van der Waals surface area contributed by atoms with Crippen LogP contribution < -0.4 is 0 Å². The van der Waals surface area contributed by atoms with Gasteiger partial charge in [-0.2, -0.15) is 0 Å². The van der Waals surface area contributed by atoms with E-state index in [9.17, 15) is 4.79 Å². The number of aromatic amines is 1. The molecule has 0 unspecified atom stereocenters. The Bertz CT molecular complexity index is 843. The minimum atomic E-state index is 0.0347. The van der Waals surface area contributed by atoms with Gasteiger partial charge in [0.05, 0.1) is 17.1 Å². The van der Waals surface area contributed by atoms with Crippen LogP contribution in [-0.2, 0) is 4.79 Å². The van der Waals surface area contributed by atoms with E-state index in [0.717, 1.165) is 22.5 Å². The summed E-state index contributed by atoms with van der Waals surface area (Å²) in [5, 5.41) is 2.03. The largest absolute Gasteiger partial charge is 0.348 e. The van der Waals surface area contributed by atoms with Gasteiger partial charge in [0, 0.05) is 35.3 Å². The zero-order valence-electron chi connectivity index (χ0n) is 14.3. The first-order valence-corrected chi connectivity index (χ1v) is 9.63. The highest BCUT2D eigenvalue weighted by atomic mass is 35.5. The monoisotopic (exact) mass is 405 g/mol. The third kappa shape index (κ3) is 4.41. The number of carbonyl (C=O) groups excluding carboxylic acids is 1. The van der Waals surface area contributed by atoms with E-state index in [2.05, 4.69) is 4.98 Å². The van der Waals surface area contributed by atoms with Gasteiger partial charge in [-0.05, 0) is 24.3 Å². The van der Waals surface area contributed by atoms with Crippen molar-refractivity contribution in [1.29, 1.82) is 0 Å². The average Bonchev–Trinajstić information content (AvgIpc) is 3.05. The average molecular weight is 406 g/mol. The predicted octanol–water partition coefficient (Wildman–Crippen LogP) is 5.23. The van der Waals surface area contributed by atoms with Gasteiger partial charge in [0.15, 0.2) is 5.16 Å². The number of hydrogen-bond donors (Lipinski definition) is 1. The number of amides is 1. The molecular formula is C19H17Cl2N3OS. The number of carbonyl (C=O) groups is 1. The third-order valence-corrected chi connectivity index (χ3v) is 5.13. The van der Waals surface area contributed by atoms with E-state index in [-0.39, 0.29) is 5.91 Å². The Hall–Kier alpha value is -1.95. The van der Waals surface area contributed by atoms with E-state index in [1.807, 2.05) is 48.5 Å². The summed E-state index contributed by atoms with van der Waals surface area (Å²) in [6.07, 6.45) is 0. The van der Waals surface area contributed by atoms with Crippen LogP contribution in [0.1, 0.15) is 0 Å². The molecule has 1 N–H and O–H groups in total. The van der Waals surface area contributed by atoms with Crippen LogP contribution in [0.25, 0.3) is 22.5 Å². The van der Waals surface area contributed by atoms with Crippen molar-refractivity contribution in [3.05, 3.63) is 58.6 Å². The summed E-state index contributed by atoms with van der Waals surface area (Å²) in [6, 6.07) is 15.1. The summed E-state index contributed by atoms with van der Waals surface area (Å²) in [5.74, 6) is 0.355. The topological polar surface area (TPSA) is 49.0 Å². The second kappa shape index (κ2) is 8.16. The number of halogens is 2. The zero-order valence-corrected chi connectivity index (χ0v) is 16.6. The fraction of sp³-hybridized carbons (Fsp3) is 0.158. The summed E-state index contributed by atoms with van der Waals surface area (Å²) in [4.78, 5) is 21.5.